The van der Waals surface area contributed by atoms with Crippen molar-refractivity contribution in [2.24, 2.45) is 0 Å². The number of hydrogen-bond acceptors (Lipinski definition) is 4. The van der Waals surface area contributed by atoms with Gasteiger partial charge in [0.05, 0.1) is 6.10 Å². The predicted molar refractivity (Wildman–Crippen MR) is 84.2 cm³/mol. The molecule has 0 saturated heterocycles. The van der Waals surface area contributed by atoms with Crippen LogP contribution in [0.25, 0.3) is 0 Å². The van der Waals surface area contributed by atoms with Crippen molar-refractivity contribution in [1.29, 1.82) is 0 Å². The molecule has 2 N–H and O–H groups in total. The Kier molecular flexibility index (Phi) is 6.20. The molecule has 1 atom stereocenters. The first-order chi connectivity index (χ1) is 11.5. The van der Waals surface area contributed by atoms with Crippen molar-refractivity contribution in [3.8, 4) is 5.88 Å². The van der Waals surface area contributed by atoms with Crippen molar-refractivity contribution in [2.75, 3.05) is 13.2 Å². The third kappa shape index (κ3) is 5.27. The molecule has 0 aliphatic carbocycles. The number of aromatic nitrogens is 1. The van der Waals surface area contributed by atoms with E-state index in [1.54, 1.807) is 12.1 Å². The summed E-state index contributed by atoms with van der Waals surface area (Å²) in [5.74, 6) is -0.507. The van der Waals surface area contributed by atoms with E-state index >= 15 is 0 Å². The number of pyridine rings is 1. The molecule has 1 aromatic carbocycles. The summed E-state index contributed by atoms with van der Waals surface area (Å²) in [5.41, 5.74) is 1.98. The van der Waals surface area contributed by atoms with Crippen LogP contribution in [-0.4, -0.2) is 35.6 Å². The Hall–Kier alpha value is -2.54. The zero-order valence-corrected chi connectivity index (χ0v) is 13.1. The van der Waals surface area contributed by atoms with E-state index in [2.05, 4.69) is 10.3 Å². The summed E-state index contributed by atoms with van der Waals surface area (Å²) in [6.07, 6.45) is -2.16. The second-order valence-electron chi connectivity index (χ2n) is 5.22. The molecule has 2 rings (SSSR count). The fraction of sp³-hybridized carbons (Fsp3) is 0.294. The summed E-state index contributed by atoms with van der Waals surface area (Å²) in [7, 11) is 0. The van der Waals surface area contributed by atoms with Crippen LogP contribution in [0, 0.1) is 6.92 Å². The number of benzene rings is 1. The van der Waals surface area contributed by atoms with Crippen molar-refractivity contribution >= 4 is 5.91 Å². The molecule has 1 aromatic heterocycles. The van der Waals surface area contributed by atoms with Crippen LogP contribution in [0.4, 0.5) is 8.78 Å². The molecule has 128 valence electrons. The van der Waals surface area contributed by atoms with Gasteiger partial charge in [-0.05, 0) is 18.6 Å². The lowest BCUT2D eigenvalue weighted by atomic mass is 10.1. The van der Waals surface area contributed by atoms with E-state index in [4.69, 9.17) is 4.74 Å². The molecule has 5 nitrogen and oxygen atoms in total. The van der Waals surface area contributed by atoms with Gasteiger partial charge in [0.15, 0.2) is 6.61 Å². The number of nitrogens with one attached hydrogen (secondary N) is 1. The maximum absolute atomic E-state index is 12.1. The van der Waals surface area contributed by atoms with Gasteiger partial charge >= 0.3 is 0 Å². The number of hydrogen-bond donors (Lipinski definition) is 2. The summed E-state index contributed by atoms with van der Waals surface area (Å²) in [6, 6.07) is 10.0. The van der Waals surface area contributed by atoms with Crippen molar-refractivity contribution in [3.63, 3.8) is 0 Å². The maximum Gasteiger partial charge on any atom is 0.272 e. The van der Waals surface area contributed by atoms with Gasteiger partial charge in [-0.15, -0.1) is 0 Å². The minimum atomic E-state index is -2.62. The second-order valence-corrected chi connectivity index (χ2v) is 5.22. The Morgan fingerprint density at radius 2 is 2.00 bits per heavy atom. The van der Waals surface area contributed by atoms with Gasteiger partial charge in [0.25, 0.3) is 12.3 Å². The topological polar surface area (TPSA) is 71.5 Å². The van der Waals surface area contributed by atoms with Gasteiger partial charge < -0.3 is 15.2 Å². The van der Waals surface area contributed by atoms with Crippen molar-refractivity contribution in [3.05, 3.63) is 59.3 Å². The molecule has 1 unspecified atom stereocenters. The highest BCUT2D eigenvalue weighted by molar-refractivity contribution is 5.94. The van der Waals surface area contributed by atoms with E-state index in [0.29, 0.717) is 5.56 Å². The Morgan fingerprint density at radius 3 is 2.67 bits per heavy atom. The van der Waals surface area contributed by atoms with Gasteiger partial charge in [-0.1, -0.05) is 29.8 Å². The number of aryl methyl sites for hydroxylation is 1. The molecular formula is C17H18F2N2O3. The van der Waals surface area contributed by atoms with Gasteiger partial charge in [0, 0.05) is 24.4 Å². The number of carbonyl (C=O) groups is 1. The van der Waals surface area contributed by atoms with Crippen LogP contribution in [0.15, 0.2) is 42.6 Å². The van der Waals surface area contributed by atoms with Crippen molar-refractivity contribution in [2.45, 2.75) is 19.5 Å². The fourth-order valence-corrected chi connectivity index (χ4v) is 1.98. The predicted octanol–water partition coefficient (Wildman–Crippen LogP) is 2.50. The molecule has 2 aromatic rings. The molecule has 24 heavy (non-hydrogen) atoms. The summed E-state index contributed by atoms with van der Waals surface area (Å²) in [6.45, 7) is 1.18. The highest BCUT2D eigenvalue weighted by atomic mass is 19.3. The first kappa shape index (κ1) is 17.8. The second kappa shape index (κ2) is 8.35. The number of ether oxygens (including phenoxy) is 1. The largest absolute Gasteiger partial charge is 0.472 e. The van der Waals surface area contributed by atoms with Gasteiger partial charge in [-0.25, -0.2) is 13.8 Å². The lowest BCUT2D eigenvalue weighted by Crippen LogP contribution is -2.28. The fourth-order valence-electron chi connectivity index (χ4n) is 1.98. The summed E-state index contributed by atoms with van der Waals surface area (Å²) in [4.78, 5) is 15.8. The Balaban J connectivity index is 1.92. The molecule has 0 aliphatic heterocycles. The smallest absolute Gasteiger partial charge is 0.272 e. The number of aliphatic hydroxyl groups is 1. The van der Waals surface area contributed by atoms with Crippen LogP contribution in [0.2, 0.25) is 0 Å². The molecule has 0 spiro atoms. The first-order valence-electron chi connectivity index (χ1n) is 7.35. The number of rotatable bonds is 7. The molecule has 1 amide bonds. The van der Waals surface area contributed by atoms with Crippen LogP contribution < -0.4 is 10.1 Å². The summed E-state index contributed by atoms with van der Waals surface area (Å²) < 4.78 is 29.0. The van der Waals surface area contributed by atoms with Crippen molar-refractivity contribution in [1.82, 2.24) is 10.3 Å². The number of carbonyl (C=O) groups excluding carboxylic acids is 1. The Bertz CT molecular complexity index is 678. The van der Waals surface area contributed by atoms with Crippen LogP contribution >= 0.6 is 0 Å². The van der Waals surface area contributed by atoms with Gasteiger partial charge in [-0.2, -0.15) is 0 Å². The third-order valence-corrected chi connectivity index (χ3v) is 3.27. The Morgan fingerprint density at radius 1 is 1.29 bits per heavy atom. The molecule has 0 bridgehead atoms. The number of amides is 1. The minimum Gasteiger partial charge on any atom is -0.472 e. The summed E-state index contributed by atoms with van der Waals surface area (Å²) in [5, 5.41) is 12.7. The van der Waals surface area contributed by atoms with E-state index in [1.165, 1.54) is 18.3 Å². The lowest BCUT2D eigenvalue weighted by Gasteiger charge is -2.13. The lowest BCUT2D eigenvalue weighted by molar-refractivity contribution is 0.0794. The molecule has 0 radical (unpaired) electrons. The van der Waals surface area contributed by atoms with Gasteiger partial charge in [-0.3, -0.25) is 4.79 Å². The van der Waals surface area contributed by atoms with Crippen LogP contribution in [0.5, 0.6) is 5.88 Å². The maximum atomic E-state index is 12.1. The van der Waals surface area contributed by atoms with Crippen molar-refractivity contribution < 1.29 is 23.4 Å². The van der Waals surface area contributed by atoms with E-state index in [-0.39, 0.29) is 18.0 Å². The highest BCUT2D eigenvalue weighted by Crippen LogP contribution is 2.14. The van der Waals surface area contributed by atoms with Crippen LogP contribution in [0.1, 0.15) is 27.6 Å². The Labute approximate surface area is 138 Å². The zero-order chi connectivity index (χ0) is 17.5. The molecule has 0 fully saturated rings. The summed E-state index contributed by atoms with van der Waals surface area (Å²) >= 11 is 0. The monoisotopic (exact) mass is 336 g/mol. The van der Waals surface area contributed by atoms with Gasteiger partial charge in [0.2, 0.25) is 5.88 Å². The number of aliphatic hydroxyl groups excluding tert-OH is 1. The van der Waals surface area contributed by atoms with E-state index < -0.39 is 25.0 Å². The molecule has 0 saturated carbocycles. The van der Waals surface area contributed by atoms with E-state index in [0.717, 1.165) is 5.56 Å². The average molecular weight is 336 g/mol. The molecule has 7 heteroatoms. The number of nitrogens with zero attached hydrogens (tertiary/aromatic N) is 1. The van der Waals surface area contributed by atoms with Crippen LogP contribution in [0.3, 0.4) is 0 Å². The van der Waals surface area contributed by atoms with Gasteiger partial charge in [0.1, 0.15) is 0 Å². The van der Waals surface area contributed by atoms with E-state index in [1.807, 2.05) is 19.1 Å². The molecular weight excluding hydrogens is 318 g/mol. The first-order valence-corrected chi connectivity index (χ1v) is 7.35. The molecule has 0 aliphatic rings. The van der Waals surface area contributed by atoms with Crippen LogP contribution in [-0.2, 0) is 0 Å². The molecule has 1 heterocycles. The minimum absolute atomic E-state index is 0.0252. The standard InChI is InChI=1S/C17H18F2N2O3/c1-11-2-4-12(5-3-11)14(22)9-21-17(23)13-6-7-20-16(8-13)24-10-15(18)19/h2-8,14-15,22H,9-10H2,1H3,(H,21,23). The average Bonchev–Trinajstić information content (AvgIpc) is 2.58. The normalized spacial score (nSPS) is 12.0. The number of alkyl halides is 2. The quantitative estimate of drug-likeness (QED) is 0.815. The highest BCUT2D eigenvalue weighted by Gasteiger charge is 2.12. The zero-order valence-electron chi connectivity index (χ0n) is 13.1. The third-order valence-electron chi connectivity index (χ3n) is 3.27. The van der Waals surface area contributed by atoms with E-state index in [9.17, 15) is 18.7 Å². The number of halogens is 2. The SMILES string of the molecule is Cc1ccc(C(O)CNC(=O)c2ccnc(OCC(F)F)c2)cc1.